The number of likely N-dealkylation sites (tertiary alicyclic amines) is 1. The van der Waals surface area contributed by atoms with E-state index in [9.17, 15) is 14.5 Å². The largest absolute Gasteiger partial charge is 0.495 e. The van der Waals surface area contributed by atoms with Crippen molar-refractivity contribution in [3.63, 3.8) is 0 Å². The molecule has 0 radical (unpaired) electrons. The summed E-state index contributed by atoms with van der Waals surface area (Å²) in [6.45, 7) is -0.193. The van der Waals surface area contributed by atoms with Crippen molar-refractivity contribution >= 4 is 17.5 Å². The SMILES string of the molecule is COc1ccccc1N(CN1C(=O)CCC1=O)N=O. The van der Waals surface area contributed by atoms with Crippen LogP contribution in [0.4, 0.5) is 5.69 Å². The quantitative estimate of drug-likeness (QED) is 0.454. The van der Waals surface area contributed by atoms with Crippen molar-refractivity contribution in [3.8, 4) is 5.75 Å². The van der Waals surface area contributed by atoms with Crippen molar-refractivity contribution < 1.29 is 14.3 Å². The van der Waals surface area contributed by atoms with Gasteiger partial charge in [-0.25, -0.2) is 5.01 Å². The van der Waals surface area contributed by atoms with Gasteiger partial charge in [0.2, 0.25) is 11.8 Å². The lowest BCUT2D eigenvalue weighted by atomic mass is 10.3. The minimum Gasteiger partial charge on any atom is -0.495 e. The number of nitrogens with zero attached hydrogens (tertiary/aromatic N) is 3. The van der Waals surface area contributed by atoms with E-state index in [2.05, 4.69) is 5.29 Å². The lowest BCUT2D eigenvalue weighted by Crippen LogP contribution is -2.38. The van der Waals surface area contributed by atoms with Crippen LogP contribution in [-0.4, -0.2) is 30.5 Å². The Bertz CT molecular complexity index is 501. The molecule has 0 aromatic heterocycles. The van der Waals surface area contributed by atoms with Gasteiger partial charge in [0.1, 0.15) is 18.1 Å². The Morgan fingerprint density at radius 1 is 1.26 bits per heavy atom. The Labute approximate surface area is 109 Å². The maximum Gasteiger partial charge on any atom is 0.231 e. The molecule has 0 N–H and O–H groups in total. The molecule has 19 heavy (non-hydrogen) atoms. The Hall–Kier alpha value is -2.44. The number of rotatable bonds is 5. The van der Waals surface area contributed by atoms with Gasteiger partial charge in [0.25, 0.3) is 0 Å². The van der Waals surface area contributed by atoms with Crippen LogP contribution in [0.3, 0.4) is 0 Å². The molecular weight excluding hydrogens is 250 g/mol. The number of carbonyl (C=O) groups is 2. The van der Waals surface area contributed by atoms with Gasteiger partial charge in [0.05, 0.1) is 12.4 Å². The fraction of sp³-hybridized carbons (Fsp3) is 0.333. The summed E-state index contributed by atoms with van der Waals surface area (Å²) < 4.78 is 5.12. The third-order valence-corrected chi connectivity index (χ3v) is 2.89. The first-order valence-corrected chi connectivity index (χ1v) is 5.74. The summed E-state index contributed by atoms with van der Waals surface area (Å²) in [5.74, 6) is -0.150. The van der Waals surface area contributed by atoms with E-state index in [0.717, 1.165) is 9.91 Å². The first-order chi connectivity index (χ1) is 9.17. The number of para-hydroxylation sites is 2. The van der Waals surface area contributed by atoms with Crippen LogP contribution in [0.1, 0.15) is 12.8 Å². The van der Waals surface area contributed by atoms with Gasteiger partial charge < -0.3 is 4.74 Å². The second-order valence-electron chi connectivity index (χ2n) is 4.01. The van der Waals surface area contributed by atoms with E-state index in [-0.39, 0.29) is 31.3 Å². The molecule has 0 spiro atoms. The fourth-order valence-electron chi connectivity index (χ4n) is 1.90. The maximum atomic E-state index is 11.5. The molecule has 0 saturated carbocycles. The Morgan fingerprint density at radius 2 is 1.89 bits per heavy atom. The zero-order valence-electron chi connectivity index (χ0n) is 10.4. The monoisotopic (exact) mass is 263 g/mol. The highest BCUT2D eigenvalue weighted by atomic mass is 16.5. The number of amides is 2. The highest BCUT2D eigenvalue weighted by molar-refractivity contribution is 6.02. The average molecular weight is 263 g/mol. The molecule has 1 aliphatic heterocycles. The number of nitroso groups, excluding NO2 is 1. The highest BCUT2D eigenvalue weighted by Gasteiger charge is 2.31. The highest BCUT2D eigenvalue weighted by Crippen LogP contribution is 2.28. The third-order valence-electron chi connectivity index (χ3n) is 2.89. The van der Waals surface area contributed by atoms with Crippen LogP contribution in [-0.2, 0) is 9.59 Å². The lowest BCUT2D eigenvalue weighted by Gasteiger charge is -2.22. The average Bonchev–Trinajstić information content (AvgIpc) is 2.76. The first-order valence-electron chi connectivity index (χ1n) is 5.74. The van der Waals surface area contributed by atoms with Crippen molar-refractivity contribution in [1.82, 2.24) is 4.90 Å². The standard InChI is InChI=1S/C12H13N3O4/c1-19-10-5-3-2-4-9(10)15(13-18)8-14-11(16)6-7-12(14)17/h2-5H,6-8H2,1H3. The number of hydrogen-bond acceptors (Lipinski definition) is 5. The minimum atomic E-state index is -0.298. The van der Waals surface area contributed by atoms with E-state index in [4.69, 9.17) is 4.74 Å². The summed E-state index contributed by atoms with van der Waals surface area (Å²) >= 11 is 0. The van der Waals surface area contributed by atoms with E-state index in [1.165, 1.54) is 7.11 Å². The summed E-state index contributed by atoms with van der Waals surface area (Å²) in [5, 5.41) is 3.88. The van der Waals surface area contributed by atoms with Crippen LogP contribution in [0.2, 0.25) is 0 Å². The smallest absolute Gasteiger partial charge is 0.231 e. The van der Waals surface area contributed by atoms with Gasteiger partial charge in [-0.15, -0.1) is 4.91 Å². The molecule has 1 heterocycles. The van der Waals surface area contributed by atoms with E-state index in [0.29, 0.717) is 11.4 Å². The topological polar surface area (TPSA) is 79.3 Å². The molecule has 100 valence electrons. The van der Waals surface area contributed by atoms with Crippen LogP contribution >= 0.6 is 0 Å². The van der Waals surface area contributed by atoms with Gasteiger partial charge in [0, 0.05) is 12.8 Å². The number of ether oxygens (including phenoxy) is 1. The predicted molar refractivity (Wildman–Crippen MR) is 67.2 cm³/mol. The summed E-state index contributed by atoms with van der Waals surface area (Å²) in [5.41, 5.74) is 0.410. The zero-order valence-corrected chi connectivity index (χ0v) is 10.4. The Balaban J connectivity index is 2.23. The molecule has 1 aliphatic rings. The molecular formula is C12H13N3O4. The van der Waals surface area contributed by atoms with Crippen molar-refractivity contribution in [2.24, 2.45) is 5.29 Å². The van der Waals surface area contributed by atoms with Crippen LogP contribution in [0.15, 0.2) is 29.6 Å². The number of hydrogen-bond donors (Lipinski definition) is 0. The maximum absolute atomic E-state index is 11.5. The van der Waals surface area contributed by atoms with Gasteiger partial charge in [-0.2, -0.15) is 0 Å². The van der Waals surface area contributed by atoms with E-state index < -0.39 is 0 Å². The number of anilines is 1. The second-order valence-corrected chi connectivity index (χ2v) is 4.01. The molecule has 2 rings (SSSR count). The summed E-state index contributed by atoms with van der Waals surface area (Å²) in [6.07, 6.45) is 0.356. The Morgan fingerprint density at radius 3 is 2.47 bits per heavy atom. The fourth-order valence-corrected chi connectivity index (χ4v) is 1.90. The predicted octanol–water partition coefficient (Wildman–Crippen LogP) is 1.29. The van der Waals surface area contributed by atoms with Gasteiger partial charge in [-0.3, -0.25) is 14.5 Å². The van der Waals surface area contributed by atoms with E-state index >= 15 is 0 Å². The molecule has 0 atom stereocenters. The molecule has 7 nitrogen and oxygen atoms in total. The van der Waals surface area contributed by atoms with Gasteiger partial charge in [-0.05, 0) is 12.1 Å². The van der Waals surface area contributed by atoms with Crippen molar-refractivity contribution in [2.45, 2.75) is 12.8 Å². The minimum absolute atomic E-state index is 0.178. The van der Waals surface area contributed by atoms with Crippen LogP contribution < -0.4 is 9.75 Å². The van der Waals surface area contributed by atoms with Crippen molar-refractivity contribution in [1.29, 1.82) is 0 Å². The molecule has 0 aliphatic carbocycles. The number of methoxy groups -OCH3 is 1. The third kappa shape index (κ3) is 2.54. The Kier molecular flexibility index (Phi) is 3.74. The van der Waals surface area contributed by atoms with Crippen molar-refractivity contribution in [2.75, 3.05) is 18.8 Å². The van der Waals surface area contributed by atoms with Gasteiger partial charge in [0.15, 0.2) is 0 Å². The van der Waals surface area contributed by atoms with Crippen LogP contribution in [0.5, 0.6) is 5.75 Å². The summed E-state index contributed by atoms with van der Waals surface area (Å²) in [4.78, 5) is 35.0. The summed E-state index contributed by atoms with van der Waals surface area (Å²) in [7, 11) is 1.47. The number of benzene rings is 1. The number of imide groups is 1. The van der Waals surface area contributed by atoms with Crippen LogP contribution in [0.25, 0.3) is 0 Å². The molecule has 0 unspecified atom stereocenters. The lowest BCUT2D eigenvalue weighted by molar-refractivity contribution is -0.138. The first kappa shape index (κ1) is 13.0. The zero-order chi connectivity index (χ0) is 13.8. The molecule has 1 aromatic carbocycles. The van der Waals surface area contributed by atoms with Gasteiger partial charge >= 0.3 is 0 Å². The molecule has 0 bridgehead atoms. The van der Waals surface area contributed by atoms with Crippen molar-refractivity contribution in [3.05, 3.63) is 29.2 Å². The molecule has 1 aromatic rings. The molecule has 1 fully saturated rings. The second kappa shape index (κ2) is 5.47. The van der Waals surface area contributed by atoms with E-state index in [1.54, 1.807) is 24.3 Å². The van der Waals surface area contributed by atoms with Gasteiger partial charge in [-0.1, -0.05) is 12.1 Å². The van der Waals surface area contributed by atoms with E-state index in [1.807, 2.05) is 0 Å². The molecule has 2 amide bonds. The summed E-state index contributed by atoms with van der Waals surface area (Å²) in [6, 6.07) is 6.76. The normalized spacial score (nSPS) is 14.7. The number of carbonyl (C=O) groups excluding carboxylic acids is 2. The van der Waals surface area contributed by atoms with Crippen LogP contribution in [0, 0.1) is 4.91 Å². The molecule has 1 saturated heterocycles. The molecule has 7 heteroatoms.